The van der Waals surface area contributed by atoms with Crippen LogP contribution in [0, 0.1) is 12.8 Å². The molecule has 0 radical (unpaired) electrons. The average molecular weight is 276 g/mol. The van der Waals surface area contributed by atoms with Crippen molar-refractivity contribution in [3.63, 3.8) is 0 Å². The molecule has 1 aliphatic heterocycles. The van der Waals surface area contributed by atoms with Crippen molar-refractivity contribution in [2.75, 3.05) is 13.2 Å². The topological polar surface area (TPSA) is 35.2 Å². The van der Waals surface area contributed by atoms with Gasteiger partial charge in [-0.1, -0.05) is 0 Å². The fourth-order valence-corrected chi connectivity index (χ4v) is 3.79. The van der Waals surface area contributed by atoms with Crippen LogP contribution in [0.2, 0.25) is 0 Å². The number of halogens is 1. The first-order valence-electron chi connectivity index (χ1n) is 4.77. The summed E-state index contributed by atoms with van der Waals surface area (Å²) >= 11 is 5.34. The second-order valence-corrected chi connectivity index (χ2v) is 5.86. The summed E-state index contributed by atoms with van der Waals surface area (Å²) in [6.45, 7) is 3.78. The average Bonchev–Trinajstić information content (AvgIpc) is 2.73. The standard InChI is InChI=1S/C10H14BrNOS/c1-6-4-8(11)10(14-6)9(12)7-2-3-13-5-7/h4,7,9H,2-3,5,12H2,1H3. The largest absolute Gasteiger partial charge is 0.381 e. The Kier molecular flexibility index (Phi) is 3.27. The molecule has 0 aliphatic carbocycles. The smallest absolute Gasteiger partial charge is 0.0513 e. The summed E-state index contributed by atoms with van der Waals surface area (Å²) in [4.78, 5) is 2.57. The van der Waals surface area contributed by atoms with Gasteiger partial charge in [0, 0.05) is 32.8 Å². The van der Waals surface area contributed by atoms with Crippen molar-refractivity contribution in [3.8, 4) is 0 Å². The lowest BCUT2D eigenvalue weighted by atomic mass is 9.99. The highest BCUT2D eigenvalue weighted by molar-refractivity contribution is 9.10. The molecule has 4 heteroatoms. The minimum absolute atomic E-state index is 0.130. The summed E-state index contributed by atoms with van der Waals surface area (Å²) in [5.41, 5.74) is 6.21. The van der Waals surface area contributed by atoms with Crippen LogP contribution in [0.5, 0.6) is 0 Å². The molecule has 2 heterocycles. The van der Waals surface area contributed by atoms with E-state index in [1.807, 2.05) is 0 Å². The van der Waals surface area contributed by atoms with Gasteiger partial charge in [0.05, 0.1) is 6.61 Å². The van der Waals surface area contributed by atoms with E-state index >= 15 is 0 Å². The summed E-state index contributed by atoms with van der Waals surface area (Å²) in [5.74, 6) is 0.490. The summed E-state index contributed by atoms with van der Waals surface area (Å²) in [6, 6.07) is 2.26. The second kappa shape index (κ2) is 4.31. The number of ether oxygens (including phenoxy) is 1. The van der Waals surface area contributed by atoms with Gasteiger partial charge < -0.3 is 10.5 Å². The minimum Gasteiger partial charge on any atom is -0.381 e. The Hall–Kier alpha value is 0.1000. The Balaban J connectivity index is 2.17. The molecule has 0 bridgehead atoms. The van der Waals surface area contributed by atoms with E-state index in [1.54, 1.807) is 11.3 Å². The molecule has 14 heavy (non-hydrogen) atoms. The van der Waals surface area contributed by atoms with Crippen LogP contribution in [0.4, 0.5) is 0 Å². The van der Waals surface area contributed by atoms with Crippen molar-refractivity contribution >= 4 is 27.3 Å². The fourth-order valence-electron chi connectivity index (χ4n) is 1.78. The molecule has 0 saturated carbocycles. The Bertz CT molecular complexity index is 320. The fraction of sp³-hybridized carbons (Fsp3) is 0.600. The zero-order chi connectivity index (χ0) is 10.1. The predicted molar refractivity (Wildman–Crippen MR) is 62.6 cm³/mol. The number of hydrogen-bond donors (Lipinski definition) is 1. The Labute approximate surface area is 96.6 Å². The molecular weight excluding hydrogens is 262 g/mol. The predicted octanol–water partition coefficient (Wildman–Crippen LogP) is 2.86. The molecule has 0 spiro atoms. The number of nitrogens with two attached hydrogens (primary N) is 1. The normalized spacial score (nSPS) is 24.1. The van der Waals surface area contributed by atoms with Crippen LogP contribution < -0.4 is 5.73 Å². The molecule has 78 valence electrons. The van der Waals surface area contributed by atoms with Crippen molar-refractivity contribution in [2.45, 2.75) is 19.4 Å². The first-order valence-corrected chi connectivity index (χ1v) is 6.38. The van der Waals surface area contributed by atoms with Crippen LogP contribution in [0.1, 0.15) is 22.2 Å². The molecule has 2 nitrogen and oxygen atoms in total. The van der Waals surface area contributed by atoms with Crippen LogP contribution in [0.15, 0.2) is 10.5 Å². The molecule has 2 rings (SSSR count). The quantitative estimate of drug-likeness (QED) is 0.901. The second-order valence-electron chi connectivity index (χ2n) is 3.72. The van der Waals surface area contributed by atoms with Gasteiger partial charge in [0.15, 0.2) is 0 Å². The molecule has 1 aromatic rings. The van der Waals surface area contributed by atoms with Gasteiger partial charge in [-0.15, -0.1) is 11.3 Å². The van der Waals surface area contributed by atoms with Gasteiger partial charge in [0.25, 0.3) is 0 Å². The third-order valence-corrected chi connectivity index (χ3v) is 4.68. The first-order chi connectivity index (χ1) is 6.68. The van der Waals surface area contributed by atoms with Gasteiger partial charge in [-0.05, 0) is 35.3 Å². The van der Waals surface area contributed by atoms with Crippen LogP contribution in [0.25, 0.3) is 0 Å². The Morgan fingerprint density at radius 3 is 3.00 bits per heavy atom. The third kappa shape index (κ3) is 2.03. The van der Waals surface area contributed by atoms with Crippen LogP contribution in [-0.4, -0.2) is 13.2 Å². The molecule has 0 aromatic carbocycles. The van der Waals surface area contributed by atoms with E-state index in [9.17, 15) is 0 Å². The van der Waals surface area contributed by atoms with Crippen molar-refractivity contribution in [1.29, 1.82) is 0 Å². The summed E-state index contributed by atoms with van der Waals surface area (Å²) in [6.07, 6.45) is 1.09. The van der Waals surface area contributed by atoms with E-state index in [0.717, 1.165) is 24.1 Å². The van der Waals surface area contributed by atoms with Crippen molar-refractivity contribution < 1.29 is 4.74 Å². The molecule has 2 unspecified atom stereocenters. The van der Waals surface area contributed by atoms with E-state index in [4.69, 9.17) is 10.5 Å². The lowest BCUT2D eigenvalue weighted by Gasteiger charge is -2.16. The molecule has 1 saturated heterocycles. The molecule has 0 amide bonds. The van der Waals surface area contributed by atoms with Gasteiger partial charge in [-0.2, -0.15) is 0 Å². The maximum absolute atomic E-state index is 6.21. The van der Waals surface area contributed by atoms with Crippen LogP contribution in [0.3, 0.4) is 0 Å². The zero-order valence-electron chi connectivity index (χ0n) is 8.13. The van der Waals surface area contributed by atoms with Crippen LogP contribution in [-0.2, 0) is 4.74 Å². The molecule has 2 atom stereocenters. The minimum atomic E-state index is 0.130. The maximum atomic E-state index is 6.21. The molecule has 2 N–H and O–H groups in total. The van der Waals surface area contributed by atoms with Crippen molar-refractivity contribution in [3.05, 3.63) is 20.3 Å². The van der Waals surface area contributed by atoms with Gasteiger partial charge in [0.2, 0.25) is 0 Å². The van der Waals surface area contributed by atoms with Crippen molar-refractivity contribution in [1.82, 2.24) is 0 Å². The third-order valence-electron chi connectivity index (χ3n) is 2.61. The zero-order valence-corrected chi connectivity index (χ0v) is 10.5. The lowest BCUT2D eigenvalue weighted by Crippen LogP contribution is -2.20. The number of thiophene rings is 1. The van der Waals surface area contributed by atoms with Gasteiger partial charge in [-0.25, -0.2) is 0 Å². The van der Waals surface area contributed by atoms with E-state index in [2.05, 4.69) is 28.9 Å². The van der Waals surface area contributed by atoms with Gasteiger partial charge >= 0.3 is 0 Å². The number of hydrogen-bond acceptors (Lipinski definition) is 3. The van der Waals surface area contributed by atoms with E-state index in [-0.39, 0.29) is 6.04 Å². The molecule has 1 aromatic heterocycles. The van der Waals surface area contributed by atoms with E-state index in [0.29, 0.717) is 5.92 Å². The van der Waals surface area contributed by atoms with Crippen LogP contribution >= 0.6 is 27.3 Å². The number of aryl methyl sites for hydroxylation is 1. The summed E-state index contributed by atoms with van der Waals surface area (Å²) in [5, 5.41) is 0. The Morgan fingerprint density at radius 2 is 2.50 bits per heavy atom. The van der Waals surface area contributed by atoms with Crippen molar-refractivity contribution in [2.24, 2.45) is 11.7 Å². The first kappa shape index (κ1) is 10.6. The lowest BCUT2D eigenvalue weighted by molar-refractivity contribution is 0.181. The molecular formula is C10H14BrNOS. The van der Waals surface area contributed by atoms with Gasteiger partial charge in [0.1, 0.15) is 0 Å². The van der Waals surface area contributed by atoms with Gasteiger partial charge in [-0.3, -0.25) is 0 Å². The highest BCUT2D eigenvalue weighted by Crippen LogP contribution is 2.36. The van der Waals surface area contributed by atoms with E-state index in [1.165, 1.54) is 9.75 Å². The monoisotopic (exact) mass is 275 g/mol. The Morgan fingerprint density at radius 1 is 1.71 bits per heavy atom. The van der Waals surface area contributed by atoms with E-state index < -0.39 is 0 Å². The highest BCUT2D eigenvalue weighted by Gasteiger charge is 2.26. The SMILES string of the molecule is Cc1cc(Br)c(C(N)C2CCOC2)s1. The summed E-state index contributed by atoms with van der Waals surface area (Å²) in [7, 11) is 0. The molecule has 1 fully saturated rings. The number of rotatable bonds is 2. The summed E-state index contributed by atoms with van der Waals surface area (Å²) < 4.78 is 6.51. The molecule has 1 aliphatic rings. The maximum Gasteiger partial charge on any atom is 0.0513 e. The highest BCUT2D eigenvalue weighted by atomic mass is 79.9.